The van der Waals surface area contributed by atoms with Gasteiger partial charge in [0.05, 0.1) is 12.1 Å². The van der Waals surface area contributed by atoms with E-state index < -0.39 is 0 Å². The van der Waals surface area contributed by atoms with E-state index in [2.05, 4.69) is 22.7 Å². The molecule has 0 aromatic heterocycles. The molecule has 0 fully saturated rings. The molecule has 3 aromatic carbocycles. The molecular weight excluding hydrogens is 327 g/mol. The van der Waals surface area contributed by atoms with Gasteiger partial charge in [-0.2, -0.15) is 5.10 Å². The molecule has 0 aliphatic carbocycles. The largest absolute Gasteiger partial charge is 0.273 e. The molecule has 3 nitrogen and oxygen atoms in total. The monoisotopic (exact) mass is 346 g/mol. The summed E-state index contributed by atoms with van der Waals surface area (Å²) in [6.45, 7) is 1.84. The van der Waals surface area contributed by atoms with Crippen LogP contribution in [0.15, 0.2) is 84.0 Å². The van der Waals surface area contributed by atoms with Crippen molar-refractivity contribution in [1.29, 1.82) is 0 Å². The van der Waals surface area contributed by atoms with E-state index in [-0.39, 0.29) is 18.1 Å². The van der Waals surface area contributed by atoms with E-state index in [9.17, 15) is 9.18 Å². The van der Waals surface area contributed by atoms with Crippen LogP contribution in [0.4, 0.5) is 4.39 Å². The van der Waals surface area contributed by atoms with Crippen molar-refractivity contribution < 1.29 is 9.18 Å². The van der Waals surface area contributed by atoms with Crippen molar-refractivity contribution in [2.45, 2.75) is 13.3 Å². The van der Waals surface area contributed by atoms with E-state index in [4.69, 9.17) is 0 Å². The first-order valence-electron chi connectivity index (χ1n) is 8.35. The molecule has 0 radical (unpaired) electrons. The Hall–Kier alpha value is -3.27. The van der Waals surface area contributed by atoms with E-state index in [0.29, 0.717) is 0 Å². The zero-order chi connectivity index (χ0) is 18.4. The van der Waals surface area contributed by atoms with Crippen LogP contribution >= 0.6 is 0 Å². The smallest absolute Gasteiger partial charge is 0.244 e. The van der Waals surface area contributed by atoms with Gasteiger partial charge in [-0.1, -0.05) is 66.7 Å². The molecule has 0 saturated carbocycles. The summed E-state index contributed by atoms with van der Waals surface area (Å²) in [5.41, 5.74) is 7.22. The van der Waals surface area contributed by atoms with Gasteiger partial charge in [-0.15, -0.1) is 0 Å². The molecule has 0 saturated heterocycles. The van der Waals surface area contributed by atoms with E-state index in [0.717, 1.165) is 28.0 Å². The maximum Gasteiger partial charge on any atom is 0.244 e. The first-order valence-corrected chi connectivity index (χ1v) is 8.35. The van der Waals surface area contributed by atoms with Crippen molar-refractivity contribution in [1.82, 2.24) is 5.43 Å². The second-order valence-corrected chi connectivity index (χ2v) is 5.98. The fourth-order valence-corrected chi connectivity index (χ4v) is 2.57. The van der Waals surface area contributed by atoms with Crippen LogP contribution in [0.3, 0.4) is 0 Å². The molecule has 0 aliphatic heterocycles. The summed E-state index contributed by atoms with van der Waals surface area (Å²) in [6.07, 6.45) is 0.157. The summed E-state index contributed by atoms with van der Waals surface area (Å²) in [5.74, 6) is -0.557. The molecule has 0 aliphatic rings. The Morgan fingerprint density at radius 2 is 1.50 bits per heavy atom. The number of carbonyl (C=O) groups excluding carboxylic acids is 1. The Labute approximate surface area is 152 Å². The van der Waals surface area contributed by atoms with Crippen LogP contribution < -0.4 is 5.43 Å². The van der Waals surface area contributed by atoms with E-state index >= 15 is 0 Å². The Morgan fingerprint density at radius 1 is 0.885 bits per heavy atom. The quantitative estimate of drug-likeness (QED) is 0.533. The maximum absolute atomic E-state index is 12.9. The molecule has 26 heavy (non-hydrogen) atoms. The molecule has 0 unspecified atom stereocenters. The van der Waals surface area contributed by atoms with Crippen molar-refractivity contribution in [3.8, 4) is 11.1 Å². The number of amides is 1. The van der Waals surface area contributed by atoms with Gasteiger partial charge in [0.1, 0.15) is 5.82 Å². The fraction of sp³-hybridized carbons (Fsp3) is 0.0909. The standard InChI is InChI=1S/C22H19FN2O/c1-16(24-25-22(26)15-17-7-13-21(23)14-8-17)18-9-11-20(12-10-18)19-5-3-2-4-6-19/h2-14H,15H2,1H3,(H,25,26)/b24-16-. The van der Waals surface area contributed by atoms with Gasteiger partial charge in [0.2, 0.25) is 5.91 Å². The average molecular weight is 346 g/mol. The molecule has 3 aromatic rings. The highest BCUT2D eigenvalue weighted by Crippen LogP contribution is 2.19. The Kier molecular flexibility index (Phi) is 5.54. The molecule has 4 heteroatoms. The minimum absolute atomic E-state index is 0.157. The lowest BCUT2D eigenvalue weighted by atomic mass is 10.0. The molecule has 0 spiro atoms. The molecule has 0 atom stereocenters. The minimum atomic E-state index is -0.318. The predicted octanol–water partition coefficient (Wildman–Crippen LogP) is 4.58. The van der Waals surface area contributed by atoms with Gasteiger partial charge >= 0.3 is 0 Å². The SMILES string of the molecule is C/C(=N/NC(=O)Cc1ccc(F)cc1)c1ccc(-c2ccccc2)cc1. The molecule has 3 rings (SSSR count). The van der Waals surface area contributed by atoms with Crippen LogP contribution in [0, 0.1) is 5.82 Å². The second kappa shape index (κ2) is 8.21. The first kappa shape index (κ1) is 17.5. The van der Waals surface area contributed by atoms with Gasteiger partial charge in [-0.3, -0.25) is 4.79 Å². The topological polar surface area (TPSA) is 41.5 Å². The maximum atomic E-state index is 12.9. The van der Waals surface area contributed by atoms with Crippen LogP contribution in [0.1, 0.15) is 18.1 Å². The lowest BCUT2D eigenvalue weighted by Gasteiger charge is -2.05. The molecule has 130 valence electrons. The van der Waals surface area contributed by atoms with Crippen LogP contribution in [0.5, 0.6) is 0 Å². The summed E-state index contributed by atoms with van der Waals surface area (Å²) in [5, 5.41) is 4.15. The first-order chi connectivity index (χ1) is 12.6. The molecular formula is C22H19FN2O. The summed E-state index contributed by atoms with van der Waals surface area (Å²) in [7, 11) is 0. The van der Waals surface area contributed by atoms with Gasteiger partial charge in [-0.25, -0.2) is 9.82 Å². The Bertz CT molecular complexity index is 901. The van der Waals surface area contributed by atoms with Crippen LogP contribution in [-0.4, -0.2) is 11.6 Å². The van der Waals surface area contributed by atoms with Crippen molar-refractivity contribution in [2.75, 3.05) is 0 Å². The van der Waals surface area contributed by atoms with Gasteiger partial charge < -0.3 is 0 Å². The normalized spacial score (nSPS) is 11.2. The summed E-state index contributed by atoms with van der Waals surface area (Å²) < 4.78 is 12.9. The number of halogens is 1. The predicted molar refractivity (Wildman–Crippen MR) is 102 cm³/mol. The third kappa shape index (κ3) is 4.63. The zero-order valence-electron chi connectivity index (χ0n) is 14.4. The minimum Gasteiger partial charge on any atom is -0.273 e. The Balaban J connectivity index is 1.62. The van der Waals surface area contributed by atoms with Gasteiger partial charge in [-0.05, 0) is 41.3 Å². The summed E-state index contributed by atoms with van der Waals surface area (Å²) >= 11 is 0. The number of carbonyl (C=O) groups is 1. The highest BCUT2D eigenvalue weighted by Gasteiger charge is 2.04. The third-order valence-electron chi connectivity index (χ3n) is 4.04. The second-order valence-electron chi connectivity index (χ2n) is 5.98. The van der Waals surface area contributed by atoms with Crippen molar-refractivity contribution in [3.05, 3.63) is 95.8 Å². The van der Waals surface area contributed by atoms with Crippen molar-refractivity contribution in [3.63, 3.8) is 0 Å². The van der Waals surface area contributed by atoms with E-state index in [1.54, 1.807) is 12.1 Å². The molecule has 0 heterocycles. The van der Waals surface area contributed by atoms with E-state index in [1.807, 2.05) is 49.4 Å². The van der Waals surface area contributed by atoms with Gasteiger partial charge in [0.25, 0.3) is 0 Å². The highest BCUT2D eigenvalue weighted by molar-refractivity contribution is 5.99. The number of hydrogen-bond acceptors (Lipinski definition) is 2. The van der Waals surface area contributed by atoms with E-state index in [1.165, 1.54) is 12.1 Å². The zero-order valence-corrected chi connectivity index (χ0v) is 14.4. The van der Waals surface area contributed by atoms with Crippen LogP contribution in [0.2, 0.25) is 0 Å². The number of nitrogens with zero attached hydrogens (tertiary/aromatic N) is 1. The average Bonchev–Trinajstić information content (AvgIpc) is 2.69. The fourth-order valence-electron chi connectivity index (χ4n) is 2.57. The summed E-state index contributed by atoms with van der Waals surface area (Å²) in [6, 6.07) is 24.0. The highest BCUT2D eigenvalue weighted by atomic mass is 19.1. The van der Waals surface area contributed by atoms with Crippen molar-refractivity contribution in [2.24, 2.45) is 5.10 Å². The lowest BCUT2D eigenvalue weighted by molar-refractivity contribution is -0.120. The lowest BCUT2D eigenvalue weighted by Crippen LogP contribution is -2.21. The van der Waals surface area contributed by atoms with Crippen molar-refractivity contribution >= 4 is 11.6 Å². The molecule has 1 amide bonds. The van der Waals surface area contributed by atoms with Gasteiger partial charge in [0.15, 0.2) is 0 Å². The number of nitrogens with one attached hydrogen (secondary N) is 1. The van der Waals surface area contributed by atoms with Crippen LogP contribution in [0.25, 0.3) is 11.1 Å². The number of benzene rings is 3. The summed E-state index contributed by atoms with van der Waals surface area (Å²) in [4.78, 5) is 12.0. The van der Waals surface area contributed by atoms with Crippen LogP contribution in [-0.2, 0) is 11.2 Å². The molecule has 1 N–H and O–H groups in total. The van der Waals surface area contributed by atoms with Gasteiger partial charge in [0, 0.05) is 0 Å². The molecule has 0 bridgehead atoms. The third-order valence-corrected chi connectivity index (χ3v) is 4.04. The number of hydrogen-bond donors (Lipinski definition) is 1. The number of hydrazone groups is 1. The number of rotatable bonds is 5. The Morgan fingerprint density at radius 3 is 2.15 bits per heavy atom.